The summed E-state index contributed by atoms with van der Waals surface area (Å²) in [6.45, 7) is 8.53. The van der Waals surface area contributed by atoms with E-state index in [1.165, 1.54) is 28.3 Å². The molecule has 1 amide bonds. The molecular formula is C30H35N7O2S. The molecule has 3 aliphatic rings. The average molecular weight is 558 g/mol. The van der Waals surface area contributed by atoms with Gasteiger partial charge in [-0.15, -0.1) is 11.3 Å². The molecule has 0 saturated carbocycles. The van der Waals surface area contributed by atoms with Crippen molar-refractivity contribution in [3.63, 3.8) is 0 Å². The highest BCUT2D eigenvalue weighted by Gasteiger charge is 2.33. The number of piperazine rings is 1. The van der Waals surface area contributed by atoms with Gasteiger partial charge in [0.2, 0.25) is 5.91 Å². The van der Waals surface area contributed by atoms with Crippen LogP contribution < -0.4 is 14.5 Å². The number of hydrogen-bond acceptors (Lipinski definition) is 9. The van der Waals surface area contributed by atoms with E-state index in [1.807, 2.05) is 0 Å². The van der Waals surface area contributed by atoms with Crippen LogP contribution in [-0.2, 0) is 17.8 Å². The number of aromatic nitrogens is 2. The van der Waals surface area contributed by atoms with Crippen LogP contribution in [0, 0.1) is 11.3 Å². The molecule has 9 nitrogen and oxygen atoms in total. The normalized spacial score (nSPS) is 21.4. The van der Waals surface area contributed by atoms with Crippen LogP contribution in [0.5, 0.6) is 6.01 Å². The Morgan fingerprint density at radius 2 is 2.10 bits per heavy atom. The molecule has 3 aliphatic heterocycles. The fourth-order valence-corrected chi connectivity index (χ4v) is 7.08. The Morgan fingerprint density at radius 3 is 2.90 bits per heavy atom. The molecule has 0 spiro atoms. The van der Waals surface area contributed by atoms with E-state index in [0.717, 1.165) is 43.0 Å². The van der Waals surface area contributed by atoms with Crippen molar-refractivity contribution >= 4 is 38.8 Å². The Bertz CT molecular complexity index is 1450. The van der Waals surface area contributed by atoms with Gasteiger partial charge in [0.1, 0.15) is 12.4 Å². The molecule has 2 atom stereocenters. The lowest BCUT2D eigenvalue weighted by molar-refractivity contribution is -0.128. The Morgan fingerprint density at radius 1 is 1.20 bits per heavy atom. The summed E-state index contributed by atoms with van der Waals surface area (Å²) < 4.78 is 7.55. The quantitative estimate of drug-likeness (QED) is 0.405. The summed E-state index contributed by atoms with van der Waals surface area (Å²) in [5.41, 5.74) is 3.35. The Hall–Kier alpha value is -3.68. The van der Waals surface area contributed by atoms with Gasteiger partial charge in [-0.2, -0.15) is 15.2 Å². The summed E-state index contributed by atoms with van der Waals surface area (Å²) in [4.78, 5) is 31.1. The third kappa shape index (κ3) is 5.11. The summed E-state index contributed by atoms with van der Waals surface area (Å²) in [7, 11) is 2.14. The number of thiophene rings is 1. The van der Waals surface area contributed by atoms with Gasteiger partial charge < -0.3 is 24.3 Å². The largest absolute Gasteiger partial charge is 0.462 e. The number of hydrogen-bond donors (Lipinski definition) is 0. The first-order valence-electron chi connectivity index (χ1n) is 14.0. The van der Waals surface area contributed by atoms with Gasteiger partial charge in [0.05, 0.1) is 30.8 Å². The molecule has 0 aliphatic carbocycles. The van der Waals surface area contributed by atoms with Gasteiger partial charge in [-0.05, 0) is 62.5 Å². The van der Waals surface area contributed by atoms with Crippen molar-refractivity contribution in [2.75, 3.05) is 56.2 Å². The first-order valence-corrected chi connectivity index (χ1v) is 14.9. The van der Waals surface area contributed by atoms with Gasteiger partial charge in [-0.1, -0.05) is 12.6 Å². The molecule has 6 rings (SSSR count). The van der Waals surface area contributed by atoms with Crippen molar-refractivity contribution in [1.29, 1.82) is 5.26 Å². The number of amides is 1. The molecule has 0 radical (unpaired) electrons. The van der Waals surface area contributed by atoms with Crippen molar-refractivity contribution < 1.29 is 9.53 Å². The maximum absolute atomic E-state index is 12.5. The van der Waals surface area contributed by atoms with E-state index in [0.29, 0.717) is 44.8 Å². The molecule has 0 N–H and O–H groups in total. The zero-order chi connectivity index (χ0) is 27.6. The van der Waals surface area contributed by atoms with E-state index in [1.54, 1.807) is 16.2 Å². The van der Waals surface area contributed by atoms with Crippen LogP contribution >= 0.6 is 11.3 Å². The lowest BCUT2D eigenvalue weighted by Gasteiger charge is -2.42. The number of nitriles is 1. The van der Waals surface area contributed by atoms with Crippen LogP contribution in [-0.4, -0.2) is 84.1 Å². The molecule has 2 aromatic heterocycles. The minimum Gasteiger partial charge on any atom is -0.462 e. The number of rotatable bonds is 7. The van der Waals surface area contributed by atoms with Crippen molar-refractivity contribution in [1.82, 2.24) is 19.8 Å². The fourth-order valence-electron chi connectivity index (χ4n) is 6.27. The van der Waals surface area contributed by atoms with Gasteiger partial charge in [0.25, 0.3) is 0 Å². The summed E-state index contributed by atoms with van der Waals surface area (Å²) in [5, 5.41) is 12.9. The van der Waals surface area contributed by atoms with E-state index in [-0.39, 0.29) is 18.4 Å². The van der Waals surface area contributed by atoms with Crippen LogP contribution in [0.1, 0.15) is 30.5 Å². The SMILES string of the molecule is C=CC(=O)N1CCN(c2nc(OC[C@@H]3CCCN3C)nc3c2CCN(c2cccc4sccc24)C3)C[C@@H]1CC#N. The van der Waals surface area contributed by atoms with Gasteiger partial charge in [-0.25, -0.2) is 0 Å². The monoisotopic (exact) mass is 557 g/mol. The predicted molar refractivity (Wildman–Crippen MR) is 158 cm³/mol. The minimum atomic E-state index is -0.220. The standard InChI is InChI=1S/C30H35N7O2S/c1-3-28(38)37-16-15-36(18-21(37)9-12-31)29-23-10-14-35(26-7-4-8-27-24(26)11-17-40-27)19-25(23)32-30(33-29)39-20-22-6-5-13-34(22)2/h3-4,7-8,11,17,21-22H,1,5-6,9-10,13-16,18-20H2,2H3/t21-,22-/m0/s1. The molecule has 1 aromatic carbocycles. The fraction of sp³-hybridized carbons (Fsp3) is 0.467. The Kier molecular flexibility index (Phi) is 7.59. The molecule has 2 saturated heterocycles. The molecule has 0 unspecified atom stereocenters. The molecule has 40 heavy (non-hydrogen) atoms. The van der Waals surface area contributed by atoms with Crippen LogP contribution in [0.2, 0.25) is 0 Å². The van der Waals surface area contributed by atoms with Crippen molar-refractivity contribution in [3.05, 3.63) is 53.6 Å². The van der Waals surface area contributed by atoms with Crippen molar-refractivity contribution in [3.8, 4) is 12.1 Å². The van der Waals surface area contributed by atoms with E-state index in [2.05, 4.69) is 64.0 Å². The molecule has 3 aromatic rings. The number of nitrogens with zero attached hydrogens (tertiary/aromatic N) is 7. The Balaban J connectivity index is 1.32. The number of carbonyl (C=O) groups is 1. The third-order valence-electron chi connectivity index (χ3n) is 8.48. The third-order valence-corrected chi connectivity index (χ3v) is 9.36. The van der Waals surface area contributed by atoms with E-state index >= 15 is 0 Å². The minimum absolute atomic E-state index is 0.132. The van der Waals surface area contributed by atoms with Gasteiger partial charge >= 0.3 is 6.01 Å². The van der Waals surface area contributed by atoms with Crippen LogP contribution in [0.4, 0.5) is 11.5 Å². The number of likely N-dealkylation sites (tertiary alicyclic amines) is 1. The van der Waals surface area contributed by atoms with Crippen LogP contribution in [0.15, 0.2) is 42.3 Å². The maximum atomic E-state index is 12.5. The van der Waals surface area contributed by atoms with E-state index in [9.17, 15) is 10.1 Å². The smallest absolute Gasteiger partial charge is 0.318 e. The average Bonchev–Trinajstić information content (AvgIpc) is 3.63. The summed E-state index contributed by atoms with van der Waals surface area (Å²) in [6, 6.07) is 11.5. The summed E-state index contributed by atoms with van der Waals surface area (Å²) in [5.74, 6) is 0.745. The second-order valence-corrected chi connectivity index (χ2v) is 11.8. The molecule has 10 heteroatoms. The second kappa shape index (κ2) is 11.4. The highest BCUT2D eigenvalue weighted by molar-refractivity contribution is 7.17. The number of benzene rings is 1. The van der Waals surface area contributed by atoms with Gasteiger partial charge in [-0.3, -0.25) is 4.79 Å². The maximum Gasteiger partial charge on any atom is 0.318 e. The van der Waals surface area contributed by atoms with E-state index in [4.69, 9.17) is 14.7 Å². The van der Waals surface area contributed by atoms with Gasteiger partial charge in [0.15, 0.2) is 0 Å². The molecule has 208 valence electrons. The van der Waals surface area contributed by atoms with Crippen LogP contribution in [0.3, 0.4) is 0 Å². The topological polar surface area (TPSA) is 88.8 Å². The first kappa shape index (κ1) is 26.5. The van der Waals surface area contributed by atoms with E-state index < -0.39 is 0 Å². The van der Waals surface area contributed by atoms with Crippen molar-refractivity contribution in [2.45, 2.75) is 44.3 Å². The lowest BCUT2D eigenvalue weighted by atomic mass is 10.0. The second-order valence-electron chi connectivity index (χ2n) is 10.8. The number of anilines is 2. The van der Waals surface area contributed by atoms with Crippen molar-refractivity contribution in [2.24, 2.45) is 0 Å². The zero-order valence-corrected chi connectivity index (χ0v) is 23.8. The number of ether oxygens (including phenoxy) is 1. The molecule has 2 fully saturated rings. The zero-order valence-electron chi connectivity index (χ0n) is 23.0. The number of fused-ring (bicyclic) bond motifs is 2. The first-order chi connectivity index (χ1) is 19.6. The molecular weight excluding hydrogens is 522 g/mol. The predicted octanol–water partition coefficient (Wildman–Crippen LogP) is 3.84. The lowest BCUT2D eigenvalue weighted by Crippen LogP contribution is -2.55. The number of carbonyl (C=O) groups excluding carboxylic acids is 1. The Labute approximate surface area is 239 Å². The van der Waals surface area contributed by atoms with Gasteiger partial charge in [0, 0.05) is 53.6 Å². The summed E-state index contributed by atoms with van der Waals surface area (Å²) in [6.07, 6.45) is 4.70. The molecule has 0 bridgehead atoms. The highest BCUT2D eigenvalue weighted by Crippen LogP contribution is 2.36. The summed E-state index contributed by atoms with van der Waals surface area (Å²) >= 11 is 1.76. The molecule has 5 heterocycles. The number of likely N-dealkylation sites (N-methyl/N-ethyl adjacent to an activating group) is 1. The van der Waals surface area contributed by atoms with Crippen LogP contribution in [0.25, 0.3) is 10.1 Å². The highest BCUT2D eigenvalue weighted by atomic mass is 32.1.